The van der Waals surface area contributed by atoms with E-state index in [9.17, 15) is 4.79 Å². The third-order valence-electron chi connectivity index (χ3n) is 2.56. The number of nitrogens with one attached hydrogen (secondary N) is 1. The van der Waals surface area contributed by atoms with Gasteiger partial charge in [-0.25, -0.2) is 0 Å². The van der Waals surface area contributed by atoms with Gasteiger partial charge in [0.15, 0.2) is 0 Å². The molecular weight excluding hydrogens is 214 g/mol. The van der Waals surface area contributed by atoms with Crippen molar-refractivity contribution in [2.75, 3.05) is 13.6 Å². The zero-order chi connectivity index (χ0) is 12.8. The summed E-state index contributed by atoms with van der Waals surface area (Å²) in [6.07, 6.45) is 6.60. The van der Waals surface area contributed by atoms with Crippen LogP contribution in [0.25, 0.3) is 0 Å². The summed E-state index contributed by atoms with van der Waals surface area (Å²) >= 11 is 0. The first kappa shape index (κ1) is 13.6. The van der Waals surface area contributed by atoms with Gasteiger partial charge in [0.2, 0.25) is 5.91 Å². The van der Waals surface area contributed by atoms with E-state index in [-0.39, 0.29) is 5.91 Å². The Balaban J connectivity index is 2.58. The highest BCUT2D eigenvalue weighted by molar-refractivity contribution is 5.89. The molecule has 0 aromatic carbocycles. The maximum atomic E-state index is 11.9. The number of allylic oxidation sites excluding steroid dienone is 4. The average molecular weight is 235 g/mol. The molecule has 1 aliphatic heterocycles. The van der Waals surface area contributed by atoms with Gasteiger partial charge in [-0.2, -0.15) is 0 Å². The summed E-state index contributed by atoms with van der Waals surface area (Å²) in [4.78, 5) is 17.8. The molecule has 0 fully saturated rings. The van der Waals surface area contributed by atoms with Crippen molar-refractivity contribution in [3.8, 4) is 0 Å². The summed E-state index contributed by atoms with van der Waals surface area (Å²) in [5.74, 6) is 0.0518. The Bertz CT molecular complexity index is 367. The minimum Gasteiger partial charge on any atom is -0.313 e. The monoisotopic (exact) mass is 235 g/mol. The second-order valence-electron chi connectivity index (χ2n) is 4.46. The molecule has 0 bridgehead atoms. The van der Waals surface area contributed by atoms with Gasteiger partial charge < -0.3 is 10.2 Å². The van der Waals surface area contributed by atoms with Gasteiger partial charge in [0, 0.05) is 18.8 Å². The van der Waals surface area contributed by atoms with E-state index in [0.29, 0.717) is 12.6 Å². The van der Waals surface area contributed by atoms with Gasteiger partial charge in [-0.3, -0.25) is 9.79 Å². The SMILES string of the molecule is CC1=CCC=C(N(C)C(=O)CNC(C)C)C=N1. The number of amides is 1. The van der Waals surface area contributed by atoms with Crippen LogP contribution in [0.15, 0.2) is 28.5 Å². The first-order valence-corrected chi connectivity index (χ1v) is 5.91. The van der Waals surface area contributed by atoms with Crippen molar-refractivity contribution in [3.63, 3.8) is 0 Å². The lowest BCUT2D eigenvalue weighted by molar-refractivity contribution is -0.127. The van der Waals surface area contributed by atoms with Crippen molar-refractivity contribution >= 4 is 12.1 Å². The van der Waals surface area contributed by atoms with Crippen LogP contribution in [0.1, 0.15) is 27.2 Å². The summed E-state index contributed by atoms with van der Waals surface area (Å²) in [5, 5.41) is 3.11. The molecule has 0 aromatic rings. The molecule has 1 rings (SSSR count). The smallest absolute Gasteiger partial charge is 0.240 e. The van der Waals surface area contributed by atoms with Crippen LogP contribution in [0.2, 0.25) is 0 Å². The van der Waals surface area contributed by atoms with Crippen LogP contribution in [0.3, 0.4) is 0 Å². The normalized spacial score (nSPS) is 15.4. The van der Waals surface area contributed by atoms with E-state index in [2.05, 4.69) is 10.3 Å². The molecule has 0 saturated heterocycles. The molecule has 0 aromatic heterocycles. The van der Waals surface area contributed by atoms with Crippen LogP contribution in [-0.4, -0.2) is 36.7 Å². The zero-order valence-corrected chi connectivity index (χ0v) is 11.0. The first-order chi connectivity index (χ1) is 8.00. The number of hydrogen-bond donors (Lipinski definition) is 1. The number of carbonyl (C=O) groups excluding carboxylic acids is 1. The molecule has 1 amide bonds. The van der Waals surface area contributed by atoms with Gasteiger partial charge in [-0.05, 0) is 13.3 Å². The highest BCUT2D eigenvalue weighted by Gasteiger charge is 2.12. The molecule has 0 radical (unpaired) electrons. The van der Waals surface area contributed by atoms with Crippen molar-refractivity contribution < 1.29 is 4.79 Å². The molecule has 17 heavy (non-hydrogen) atoms. The number of rotatable bonds is 4. The van der Waals surface area contributed by atoms with Gasteiger partial charge in [0.05, 0.1) is 18.5 Å². The van der Waals surface area contributed by atoms with Crippen LogP contribution in [0.5, 0.6) is 0 Å². The molecule has 4 nitrogen and oxygen atoms in total. The molecule has 0 aliphatic carbocycles. The highest BCUT2D eigenvalue weighted by atomic mass is 16.2. The van der Waals surface area contributed by atoms with Crippen LogP contribution in [0, 0.1) is 0 Å². The van der Waals surface area contributed by atoms with E-state index in [0.717, 1.165) is 17.8 Å². The number of likely N-dealkylation sites (N-methyl/N-ethyl adjacent to an activating group) is 1. The Kier molecular flexibility index (Phi) is 5.10. The number of carbonyl (C=O) groups is 1. The van der Waals surface area contributed by atoms with Crippen LogP contribution in [-0.2, 0) is 4.79 Å². The predicted octanol–water partition coefficient (Wildman–Crippen LogP) is 1.71. The second kappa shape index (κ2) is 6.35. The summed E-state index contributed by atoms with van der Waals surface area (Å²) in [5.41, 5.74) is 1.84. The van der Waals surface area contributed by atoms with Crippen LogP contribution in [0.4, 0.5) is 0 Å². The van der Waals surface area contributed by atoms with E-state index in [1.807, 2.05) is 32.9 Å². The second-order valence-corrected chi connectivity index (χ2v) is 4.46. The van der Waals surface area contributed by atoms with Crippen LogP contribution >= 0.6 is 0 Å². The number of nitrogens with zero attached hydrogens (tertiary/aromatic N) is 2. The standard InChI is InChI=1S/C13H21N3O/c1-10(2)14-9-13(17)16(4)12-7-5-6-11(3)15-8-12/h6-8,10,14H,5,9H2,1-4H3. The van der Waals surface area contributed by atoms with Gasteiger partial charge >= 0.3 is 0 Å². The third-order valence-corrected chi connectivity index (χ3v) is 2.56. The van der Waals surface area contributed by atoms with Crippen LogP contribution < -0.4 is 5.32 Å². The lowest BCUT2D eigenvalue weighted by Gasteiger charge is -2.18. The molecular formula is C13H21N3O. The van der Waals surface area contributed by atoms with Crippen molar-refractivity contribution in [2.24, 2.45) is 4.99 Å². The quantitative estimate of drug-likeness (QED) is 0.806. The lowest BCUT2D eigenvalue weighted by Crippen LogP contribution is -2.38. The van der Waals surface area contributed by atoms with E-state index in [1.54, 1.807) is 18.2 Å². The molecule has 4 heteroatoms. The molecule has 0 spiro atoms. The van der Waals surface area contributed by atoms with E-state index in [4.69, 9.17) is 0 Å². The Morgan fingerprint density at radius 1 is 1.53 bits per heavy atom. The van der Waals surface area contributed by atoms with Crippen molar-refractivity contribution in [2.45, 2.75) is 33.2 Å². The van der Waals surface area contributed by atoms with E-state index in [1.165, 1.54) is 0 Å². The van der Waals surface area contributed by atoms with Gasteiger partial charge in [-0.15, -0.1) is 0 Å². The topological polar surface area (TPSA) is 44.7 Å². The van der Waals surface area contributed by atoms with Gasteiger partial charge in [-0.1, -0.05) is 26.0 Å². The minimum absolute atomic E-state index is 0.0518. The van der Waals surface area contributed by atoms with Crippen molar-refractivity contribution in [1.82, 2.24) is 10.2 Å². The lowest BCUT2D eigenvalue weighted by atomic mass is 10.3. The zero-order valence-electron chi connectivity index (χ0n) is 11.0. The minimum atomic E-state index is 0.0518. The van der Waals surface area contributed by atoms with Gasteiger partial charge in [0.25, 0.3) is 0 Å². The fourth-order valence-electron chi connectivity index (χ4n) is 1.40. The molecule has 1 heterocycles. The van der Waals surface area contributed by atoms with Crippen molar-refractivity contribution in [3.05, 3.63) is 23.5 Å². The highest BCUT2D eigenvalue weighted by Crippen LogP contribution is 2.09. The Hall–Kier alpha value is -1.42. The van der Waals surface area contributed by atoms with Crippen molar-refractivity contribution in [1.29, 1.82) is 0 Å². The average Bonchev–Trinajstić information content (AvgIpc) is 2.49. The Morgan fingerprint density at radius 3 is 2.88 bits per heavy atom. The molecule has 0 saturated carbocycles. The summed E-state index contributed by atoms with van der Waals surface area (Å²) in [6, 6.07) is 0.313. The molecule has 1 N–H and O–H groups in total. The van der Waals surface area contributed by atoms with E-state index >= 15 is 0 Å². The van der Waals surface area contributed by atoms with E-state index < -0.39 is 0 Å². The summed E-state index contributed by atoms with van der Waals surface area (Å²) < 4.78 is 0. The predicted molar refractivity (Wildman–Crippen MR) is 70.9 cm³/mol. The third kappa shape index (κ3) is 4.53. The van der Waals surface area contributed by atoms with Gasteiger partial charge in [0.1, 0.15) is 0 Å². The summed E-state index contributed by atoms with van der Waals surface area (Å²) in [6.45, 7) is 6.35. The Morgan fingerprint density at radius 2 is 2.24 bits per heavy atom. The first-order valence-electron chi connectivity index (χ1n) is 5.91. The number of hydrogen-bond acceptors (Lipinski definition) is 3. The maximum absolute atomic E-state index is 11.9. The summed E-state index contributed by atoms with van der Waals surface area (Å²) in [7, 11) is 1.78. The number of aliphatic imine (C=N–C) groups is 1. The fraction of sp³-hybridized carbons (Fsp3) is 0.538. The molecule has 94 valence electrons. The largest absolute Gasteiger partial charge is 0.313 e. The molecule has 0 unspecified atom stereocenters. The molecule has 1 aliphatic rings. The fourth-order valence-corrected chi connectivity index (χ4v) is 1.40. The maximum Gasteiger partial charge on any atom is 0.240 e. The molecule has 0 atom stereocenters. The Labute approximate surface area is 103 Å².